The van der Waals surface area contributed by atoms with Crippen LogP contribution in [-0.2, 0) is 0 Å². The Morgan fingerprint density at radius 1 is 1.15 bits per heavy atom. The lowest BCUT2D eigenvalue weighted by Gasteiger charge is -2.26. The summed E-state index contributed by atoms with van der Waals surface area (Å²) in [6.45, 7) is 5.51. The van der Waals surface area contributed by atoms with E-state index in [-0.39, 0.29) is 0 Å². The van der Waals surface area contributed by atoms with Gasteiger partial charge in [0.05, 0.1) is 14.2 Å². The molecule has 1 fully saturated rings. The first kappa shape index (κ1) is 15.2. The minimum atomic E-state index is 0.397. The van der Waals surface area contributed by atoms with Crippen molar-refractivity contribution in [3.05, 3.63) is 23.8 Å². The van der Waals surface area contributed by atoms with Gasteiger partial charge in [-0.2, -0.15) is 0 Å². The van der Waals surface area contributed by atoms with Crippen molar-refractivity contribution < 1.29 is 9.47 Å². The summed E-state index contributed by atoms with van der Waals surface area (Å²) >= 11 is 0. The molecule has 1 aliphatic rings. The quantitative estimate of drug-likeness (QED) is 0.858. The van der Waals surface area contributed by atoms with E-state index in [1.165, 1.54) is 24.8 Å². The van der Waals surface area contributed by atoms with Gasteiger partial charge in [0.1, 0.15) is 11.5 Å². The molecular formula is C17H27NO2. The Balaban J connectivity index is 2.28. The summed E-state index contributed by atoms with van der Waals surface area (Å²) in [5.74, 6) is 3.29. The van der Waals surface area contributed by atoms with Gasteiger partial charge in [-0.05, 0) is 48.9 Å². The monoisotopic (exact) mass is 277 g/mol. The predicted molar refractivity (Wildman–Crippen MR) is 82.5 cm³/mol. The molecule has 20 heavy (non-hydrogen) atoms. The third-order valence-electron chi connectivity index (χ3n) is 4.36. The molecular weight excluding hydrogens is 250 g/mol. The normalized spacial score (nSPS) is 23.6. The van der Waals surface area contributed by atoms with Crippen LogP contribution in [0.15, 0.2) is 18.2 Å². The van der Waals surface area contributed by atoms with Crippen molar-refractivity contribution in [1.29, 1.82) is 0 Å². The van der Waals surface area contributed by atoms with Crippen LogP contribution in [0.3, 0.4) is 0 Å². The molecule has 0 radical (unpaired) electrons. The first-order valence-corrected chi connectivity index (χ1v) is 7.64. The van der Waals surface area contributed by atoms with Crippen molar-refractivity contribution in [2.75, 3.05) is 20.8 Å². The van der Waals surface area contributed by atoms with Crippen molar-refractivity contribution in [3.8, 4) is 11.5 Å². The molecule has 0 bridgehead atoms. The van der Waals surface area contributed by atoms with Crippen LogP contribution in [0.4, 0.5) is 0 Å². The average molecular weight is 277 g/mol. The minimum Gasteiger partial charge on any atom is -0.497 e. The molecule has 3 unspecified atom stereocenters. The third-order valence-corrected chi connectivity index (χ3v) is 4.36. The zero-order chi connectivity index (χ0) is 14.5. The molecule has 3 atom stereocenters. The third kappa shape index (κ3) is 3.45. The highest BCUT2D eigenvalue weighted by atomic mass is 16.5. The number of ether oxygens (including phenoxy) is 2. The Morgan fingerprint density at radius 3 is 2.25 bits per heavy atom. The van der Waals surface area contributed by atoms with E-state index in [4.69, 9.17) is 9.47 Å². The highest BCUT2D eigenvalue weighted by Crippen LogP contribution is 2.40. The lowest BCUT2D eigenvalue weighted by Crippen LogP contribution is -2.27. The second-order valence-electron chi connectivity index (χ2n) is 5.86. The first-order valence-electron chi connectivity index (χ1n) is 7.64. The molecule has 1 aromatic carbocycles. The molecule has 3 heteroatoms. The SMILES string of the molecule is CCNC(c1cc(OC)cc(OC)c1)C1CCC(C)C1. The Morgan fingerprint density at radius 2 is 1.80 bits per heavy atom. The van der Waals surface area contributed by atoms with Gasteiger partial charge < -0.3 is 14.8 Å². The van der Waals surface area contributed by atoms with Crippen LogP contribution in [0.1, 0.15) is 44.7 Å². The Hall–Kier alpha value is -1.22. The van der Waals surface area contributed by atoms with Crippen molar-refractivity contribution in [1.82, 2.24) is 5.32 Å². The molecule has 0 saturated heterocycles. The highest BCUT2D eigenvalue weighted by molar-refractivity contribution is 5.40. The summed E-state index contributed by atoms with van der Waals surface area (Å²) < 4.78 is 10.8. The zero-order valence-electron chi connectivity index (χ0n) is 13.1. The van der Waals surface area contributed by atoms with Crippen LogP contribution < -0.4 is 14.8 Å². The number of hydrogen-bond acceptors (Lipinski definition) is 3. The lowest BCUT2D eigenvalue weighted by molar-refractivity contribution is 0.357. The van der Waals surface area contributed by atoms with Gasteiger partial charge in [0, 0.05) is 12.1 Å². The molecule has 0 heterocycles. The van der Waals surface area contributed by atoms with Crippen LogP contribution >= 0.6 is 0 Å². The molecule has 1 saturated carbocycles. The second kappa shape index (κ2) is 6.98. The van der Waals surface area contributed by atoms with Gasteiger partial charge >= 0.3 is 0 Å². The van der Waals surface area contributed by atoms with Crippen molar-refractivity contribution in [3.63, 3.8) is 0 Å². The summed E-state index contributed by atoms with van der Waals surface area (Å²) in [4.78, 5) is 0. The van der Waals surface area contributed by atoms with Gasteiger partial charge in [0.15, 0.2) is 0 Å². The van der Waals surface area contributed by atoms with E-state index in [0.717, 1.165) is 24.0 Å². The molecule has 1 aliphatic carbocycles. The van der Waals surface area contributed by atoms with Gasteiger partial charge in [0.2, 0.25) is 0 Å². The first-order chi connectivity index (χ1) is 9.67. The maximum Gasteiger partial charge on any atom is 0.122 e. The van der Waals surface area contributed by atoms with Crippen molar-refractivity contribution >= 4 is 0 Å². The van der Waals surface area contributed by atoms with Crippen LogP contribution in [0.2, 0.25) is 0 Å². The molecule has 0 amide bonds. The number of methoxy groups -OCH3 is 2. The molecule has 0 spiro atoms. The fourth-order valence-corrected chi connectivity index (χ4v) is 3.34. The smallest absolute Gasteiger partial charge is 0.122 e. The van der Waals surface area contributed by atoms with Crippen LogP contribution in [0.5, 0.6) is 11.5 Å². The Labute approximate surface area is 122 Å². The maximum absolute atomic E-state index is 5.40. The number of rotatable bonds is 6. The van der Waals surface area contributed by atoms with Gasteiger partial charge in [-0.15, -0.1) is 0 Å². The van der Waals surface area contributed by atoms with Gasteiger partial charge in [-0.3, -0.25) is 0 Å². The molecule has 1 aromatic rings. The van der Waals surface area contributed by atoms with E-state index in [1.54, 1.807) is 14.2 Å². The molecule has 2 rings (SSSR count). The molecule has 112 valence electrons. The number of nitrogens with one attached hydrogen (secondary N) is 1. The lowest BCUT2D eigenvalue weighted by atomic mass is 9.90. The summed E-state index contributed by atoms with van der Waals surface area (Å²) in [5.41, 5.74) is 1.28. The Kier molecular flexibility index (Phi) is 5.30. The van der Waals surface area contributed by atoms with Crippen molar-refractivity contribution in [2.45, 2.75) is 39.2 Å². The molecule has 0 aliphatic heterocycles. The molecule has 3 nitrogen and oxygen atoms in total. The van der Waals surface area contributed by atoms with E-state index in [9.17, 15) is 0 Å². The number of hydrogen-bond donors (Lipinski definition) is 1. The number of benzene rings is 1. The molecule has 0 aromatic heterocycles. The zero-order valence-corrected chi connectivity index (χ0v) is 13.1. The second-order valence-corrected chi connectivity index (χ2v) is 5.86. The topological polar surface area (TPSA) is 30.5 Å². The maximum atomic E-state index is 5.40. The van der Waals surface area contributed by atoms with Crippen LogP contribution in [-0.4, -0.2) is 20.8 Å². The average Bonchev–Trinajstić information content (AvgIpc) is 2.90. The van der Waals surface area contributed by atoms with E-state index < -0.39 is 0 Å². The van der Waals surface area contributed by atoms with E-state index >= 15 is 0 Å². The largest absolute Gasteiger partial charge is 0.497 e. The van der Waals surface area contributed by atoms with Gasteiger partial charge in [-0.1, -0.05) is 20.3 Å². The van der Waals surface area contributed by atoms with Crippen molar-refractivity contribution in [2.24, 2.45) is 11.8 Å². The Bertz CT molecular complexity index is 411. The summed E-state index contributed by atoms with van der Waals surface area (Å²) in [6, 6.07) is 6.61. The standard InChI is InChI=1S/C17H27NO2/c1-5-18-17(13-7-6-12(2)8-13)14-9-15(19-3)11-16(10-14)20-4/h9-13,17-18H,5-8H2,1-4H3. The van der Waals surface area contributed by atoms with Crippen LogP contribution in [0, 0.1) is 11.8 Å². The van der Waals surface area contributed by atoms with E-state index in [2.05, 4.69) is 31.3 Å². The summed E-state index contributed by atoms with van der Waals surface area (Å²) in [7, 11) is 3.41. The van der Waals surface area contributed by atoms with Crippen LogP contribution in [0.25, 0.3) is 0 Å². The highest BCUT2D eigenvalue weighted by Gasteiger charge is 2.29. The fourth-order valence-electron chi connectivity index (χ4n) is 3.34. The van der Waals surface area contributed by atoms with Gasteiger partial charge in [-0.25, -0.2) is 0 Å². The predicted octanol–water partition coefficient (Wildman–Crippen LogP) is 3.79. The fraction of sp³-hybridized carbons (Fsp3) is 0.647. The van der Waals surface area contributed by atoms with E-state index in [0.29, 0.717) is 12.0 Å². The van der Waals surface area contributed by atoms with Gasteiger partial charge in [0.25, 0.3) is 0 Å². The van der Waals surface area contributed by atoms with E-state index in [1.807, 2.05) is 6.07 Å². The summed E-state index contributed by atoms with van der Waals surface area (Å²) in [5, 5.41) is 3.65. The molecule has 1 N–H and O–H groups in total. The summed E-state index contributed by atoms with van der Waals surface area (Å²) in [6.07, 6.45) is 3.95. The minimum absolute atomic E-state index is 0.397.